The SMILES string of the molecule is O=C(NNCc1ccc(F)c(F)c1)[C@]1(Cc2ccc(Br)cc2)COC(c2ccc(OCCCO)cc2)=N1. The van der Waals surface area contributed by atoms with Gasteiger partial charge in [0, 0.05) is 36.0 Å². The van der Waals surface area contributed by atoms with E-state index < -0.39 is 23.1 Å². The Hall–Kier alpha value is -3.34. The second-order valence-corrected chi connectivity index (χ2v) is 9.46. The van der Waals surface area contributed by atoms with Crippen molar-refractivity contribution < 1.29 is 28.2 Å². The third-order valence-electron chi connectivity index (χ3n) is 5.75. The number of carbonyl (C=O) groups is 1. The van der Waals surface area contributed by atoms with Crippen LogP contribution in [-0.2, 0) is 22.5 Å². The zero-order chi connectivity index (χ0) is 26.3. The maximum atomic E-state index is 13.5. The minimum atomic E-state index is -1.25. The molecule has 0 spiro atoms. The number of aliphatic hydroxyl groups is 1. The highest BCUT2D eigenvalue weighted by molar-refractivity contribution is 9.10. The van der Waals surface area contributed by atoms with Crippen molar-refractivity contribution in [3.05, 3.63) is 99.5 Å². The Balaban J connectivity index is 1.50. The van der Waals surface area contributed by atoms with Gasteiger partial charge in [0.2, 0.25) is 5.90 Å². The van der Waals surface area contributed by atoms with E-state index in [2.05, 4.69) is 26.8 Å². The summed E-state index contributed by atoms with van der Waals surface area (Å²) in [7, 11) is 0. The van der Waals surface area contributed by atoms with Crippen LogP contribution in [0.15, 0.2) is 76.2 Å². The van der Waals surface area contributed by atoms with E-state index in [4.69, 9.17) is 19.6 Å². The number of nitrogens with one attached hydrogen (secondary N) is 2. The third kappa shape index (κ3) is 6.91. The van der Waals surface area contributed by atoms with Crippen LogP contribution in [0.4, 0.5) is 8.78 Å². The number of nitrogens with zero attached hydrogens (tertiary/aromatic N) is 1. The minimum Gasteiger partial charge on any atom is -0.494 e. The zero-order valence-corrected chi connectivity index (χ0v) is 21.4. The summed E-state index contributed by atoms with van der Waals surface area (Å²) in [5.41, 5.74) is 6.22. The largest absolute Gasteiger partial charge is 0.494 e. The summed E-state index contributed by atoms with van der Waals surface area (Å²) < 4.78 is 39.1. The summed E-state index contributed by atoms with van der Waals surface area (Å²) in [6.45, 7) is 0.570. The Bertz CT molecular complexity index is 1260. The molecule has 0 saturated carbocycles. The predicted octanol–water partition coefficient (Wildman–Crippen LogP) is 4.07. The van der Waals surface area contributed by atoms with E-state index in [-0.39, 0.29) is 26.2 Å². The highest BCUT2D eigenvalue weighted by Crippen LogP contribution is 2.28. The molecule has 0 radical (unpaired) electrons. The van der Waals surface area contributed by atoms with E-state index >= 15 is 0 Å². The molecule has 0 aliphatic carbocycles. The molecule has 10 heteroatoms. The predicted molar refractivity (Wildman–Crippen MR) is 138 cm³/mol. The molecule has 3 aromatic carbocycles. The van der Waals surface area contributed by atoms with Crippen molar-refractivity contribution in [1.82, 2.24) is 10.9 Å². The second-order valence-electron chi connectivity index (χ2n) is 8.55. The summed E-state index contributed by atoms with van der Waals surface area (Å²) in [6, 6.07) is 18.3. The van der Waals surface area contributed by atoms with Gasteiger partial charge in [0.05, 0.1) is 6.61 Å². The normalized spacial score (nSPS) is 16.7. The average molecular weight is 574 g/mol. The number of hydrogen-bond donors (Lipinski definition) is 3. The number of aliphatic imine (C=N–C) groups is 1. The Kier molecular flexibility index (Phi) is 8.86. The Morgan fingerprint density at radius 2 is 1.78 bits per heavy atom. The molecule has 3 aromatic rings. The first kappa shape index (κ1) is 26.7. The molecule has 1 heterocycles. The molecule has 1 atom stereocenters. The maximum absolute atomic E-state index is 13.5. The number of benzene rings is 3. The summed E-state index contributed by atoms with van der Waals surface area (Å²) in [5, 5.41) is 8.90. The Morgan fingerprint density at radius 3 is 2.49 bits per heavy atom. The number of carbonyl (C=O) groups excluding carboxylic acids is 1. The van der Waals surface area contributed by atoms with E-state index in [1.165, 1.54) is 6.07 Å². The van der Waals surface area contributed by atoms with Crippen LogP contribution in [0.3, 0.4) is 0 Å². The number of amides is 1. The average Bonchev–Trinajstić information content (AvgIpc) is 3.33. The smallest absolute Gasteiger partial charge is 0.266 e. The van der Waals surface area contributed by atoms with Crippen LogP contribution in [0.2, 0.25) is 0 Å². The lowest BCUT2D eigenvalue weighted by Gasteiger charge is -2.23. The highest BCUT2D eigenvalue weighted by atomic mass is 79.9. The van der Waals surface area contributed by atoms with Crippen molar-refractivity contribution in [3.8, 4) is 5.75 Å². The number of halogens is 3. The van der Waals surface area contributed by atoms with Gasteiger partial charge < -0.3 is 14.6 Å². The van der Waals surface area contributed by atoms with Gasteiger partial charge in [0.15, 0.2) is 17.2 Å². The highest BCUT2D eigenvalue weighted by Gasteiger charge is 2.44. The van der Waals surface area contributed by atoms with E-state index in [1.807, 2.05) is 24.3 Å². The molecule has 0 bridgehead atoms. The van der Waals surface area contributed by atoms with Gasteiger partial charge in [0.25, 0.3) is 5.91 Å². The minimum absolute atomic E-state index is 0.0197. The van der Waals surface area contributed by atoms with Gasteiger partial charge in [0.1, 0.15) is 12.4 Å². The molecule has 37 heavy (non-hydrogen) atoms. The Morgan fingerprint density at radius 1 is 1.05 bits per heavy atom. The molecule has 0 fully saturated rings. The fourth-order valence-electron chi connectivity index (χ4n) is 3.76. The van der Waals surface area contributed by atoms with Gasteiger partial charge in [-0.3, -0.25) is 10.2 Å². The summed E-state index contributed by atoms with van der Waals surface area (Å²) in [6.07, 6.45) is 0.820. The van der Waals surface area contributed by atoms with Gasteiger partial charge in [-0.05, 0) is 59.7 Å². The number of hydrogen-bond acceptors (Lipinski definition) is 6. The number of ether oxygens (including phenoxy) is 2. The lowest BCUT2D eigenvalue weighted by molar-refractivity contribution is -0.127. The van der Waals surface area contributed by atoms with E-state index in [1.54, 1.807) is 24.3 Å². The van der Waals surface area contributed by atoms with Crippen LogP contribution in [0.25, 0.3) is 0 Å². The molecule has 4 rings (SSSR count). The van der Waals surface area contributed by atoms with Gasteiger partial charge in [-0.15, -0.1) is 0 Å². The molecule has 3 N–H and O–H groups in total. The van der Waals surface area contributed by atoms with Crippen molar-refractivity contribution in [3.63, 3.8) is 0 Å². The number of rotatable bonds is 11. The molecule has 1 aliphatic rings. The first-order valence-electron chi connectivity index (χ1n) is 11.7. The summed E-state index contributed by atoms with van der Waals surface area (Å²) >= 11 is 3.42. The van der Waals surface area contributed by atoms with Gasteiger partial charge in [-0.25, -0.2) is 19.2 Å². The maximum Gasteiger partial charge on any atom is 0.266 e. The van der Waals surface area contributed by atoms with Crippen molar-refractivity contribution in [2.75, 3.05) is 19.8 Å². The summed E-state index contributed by atoms with van der Waals surface area (Å²) in [4.78, 5) is 18.1. The molecule has 0 unspecified atom stereocenters. The number of aliphatic hydroxyl groups excluding tert-OH is 1. The topological polar surface area (TPSA) is 92.2 Å². The van der Waals surface area contributed by atoms with Crippen LogP contribution >= 0.6 is 15.9 Å². The standard InChI is InChI=1S/C27H26BrF2N3O4/c28-21-7-2-18(3-8-21)15-27(26(35)33-31-16-19-4-11-23(29)24(30)14-19)17-37-25(32-27)20-5-9-22(10-6-20)36-13-1-12-34/h2-11,14,31,34H,1,12-13,15-17H2,(H,33,35)/t27-/m0/s1. The molecule has 1 amide bonds. The molecule has 0 saturated heterocycles. The molecule has 7 nitrogen and oxygen atoms in total. The lowest BCUT2D eigenvalue weighted by atomic mass is 9.91. The van der Waals surface area contributed by atoms with Crippen LogP contribution in [0.1, 0.15) is 23.1 Å². The van der Waals surface area contributed by atoms with Gasteiger partial charge in [-0.1, -0.05) is 34.1 Å². The first-order chi connectivity index (χ1) is 17.9. The lowest BCUT2D eigenvalue weighted by Crippen LogP contribution is -2.52. The second kappa shape index (κ2) is 12.3. The van der Waals surface area contributed by atoms with Crippen LogP contribution < -0.4 is 15.6 Å². The van der Waals surface area contributed by atoms with Crippen LogP contribution in [0.5, 0.6) is 5.75 Å². The van der Waals surface area contributed by atoms with Crippen molar-refractivity contribution in [2.45, 2.75) is 24.9 Å². The zero-order valence-electron chi connectivity index (χ0n) is 19.8. The van der Waals surface area contributed by atoms with E-state index in [9.17, 15) is 13.6 Å². The fourth-order valence-corrected chi connectivity index (χ4v) is 4.03. The monoisotopic (exact) mass is 573 g/mol. The molecule has 0 aromatic heterocycles. The first-order valence-corrected chi connectivity index (χ1v) is 12.5. The molecule has 194 valence electrons. The summed E-state index contributed by atoms with van der Waals surface area (Å²) in [5.74, 6) is -1.33. The van der Waals surface area contributed by atoms with Crippen molar-refractivity contribution in [2.24, 2.45) is 4.99 Å². The number of hydrazine groups is 1. The van der Waals surface area contributed by atoms with Gasteiger partial charge >= 0.3 is 0 Å². The molecular formula is C27H26BrF2N3O4. The Labute approximate surface area is 221 Å². The van der Waals surface area contributed by atoms with E-state index in [0.29, 0.717) is 35.8 Å². The van der Waals surface area contributed by atoms with E-state index in [0.717, 1.165) is 22.2 Å². The van der Waals surface area contributed by atoms with Crippen molar-refractivity contribution >= 4 is 27.7 Å². The molecular weight excluding hydrogens is 548 g/mol. The third-order valence-corrected chi connectivity index (χ3v) is 6.28. The van der Waals surface area contributed by atoms with Gasteiger partial charge in [-0.2, -0.15) is 0 Å². The quantitative estimate of drug-likeness (QED) is 0.237. The van der Waals surface area contributed by atoms with Crippen molar-refractivity contribution in [1.29, 1.82) is 0 Å². The van der Waals surface area contributed by atoms with Crippen LogP contribution in [0, 0.1) is 11.6 Å². The fraction of sp³-hybridized carbons (Fsp3) is 0.259. The van der Waals surface area contributed by atoms with Crippen LogP contribution in [-0.4, -0.2) is 42.3 Å². The molecule has 1 aliphatic heterocycles.